The molecule has 4 atom stereocenters. The van der Waals surface area contributed by atoms with Crippen LogP contribution in [0.1, 0.15) is 40.7 Å². The van der Waals surface area contributed by atoms with E-state index in [1.165, 1.54) is 4.90 Å². The molecule has 29 heavy (non-hydrogen) atoms. The standard InChI is InChI=1S/C24H24N2O3/c1-13-9-14(2)11-17(10-13)25-22(27)18-5-3-4-6-19(18)26-23(28)20-15-7-8-16(12-15)21(20)24(26)29/h3-6,9-11,15-16,20-21H,7-8,12H2,1-2H3,(H,25,27)/t15-,16+,20-,21+. The van der Waals surface area contributed by atoms with Crippen molar-refractivity contribution >= 4 is 29.1 Å². The maximum Gasteiger partial charge on any atom is 0.257 e. The number of nitrogens with zero attached hydrogens (tertiary/aromatic N) is 1. The molecule has 2 aromatic rings. The number of hydrogen-bond donors (Lipinski definition) is 1. The smallest absolute Gasteiger partial charge is 0.257 e. The fraction of sp³-hybridized carbons (Fsp3) is 0.375. The lowest BCUT2D eigenvalue weighted by Gasteiger charge is -2.20. The number of nitrogens with one attached hydrogen (secondary N) is 1. The van der Waals surface area contributed by atoms with Gasteiger partial charge in [-0.05, 0) is 80.3 Å². The Balaban J connectivity index is 1.48. The average Bonchev–Trinajstić information content (AvgIpc) is 3.35. The third-order valence-electron chi connectivity index (χ3n) is 6.80. The van der Waals surface area contributed by atoms with Crippen LogP contribution in [0.25, 0.3) is 0 Å². The van der Waals surface area contributed by atoms with Gasteiger partial charge in [0.25, 0.3) is 5.91 Å². The zero-order valence-corrected chi connectivity index (χ0v) is 16.6. The lowest BCUT2D eigenvalue weighted by Crippen LogP contribution is -2.34. The number of benzene rings is 2. The summed E-state index contributed by atoms with van der Waals surface area (Å²) in [5, 5.41) is 2.93. The number of rotatable bonds is 3. The molecule has 5 heteroatoms. The van der Waals surface area contributed by atoms with E-state index in [0.29, 0.717) is 28.8 Å². The monoisotopic (exact) mass is 388 g/mol. The molecular weight excluding hydrogens is 364 g/mol. The first-order chi connectivity index (χ1) is 13.9. The van der Waals surface area contributed by atoms with E-state index in [9.17, 15) is 14.4 Å². The van der Waals surface area contributed by atoms with Gasteiger partial charge in [-0.15, -0.1) is 0 Å². The summed E-state index contributed by atoms with van der Waals surface area (Å²) in [6.07, 6.45) is 3.07. The van der Waals surface area contributed by atoms with E-state index in [-0.39, 0.29) is 29.6 Å². The van der Waals surface area contributed by atoms with Gasteiger partial charge in [-0.2, -0.15) is 0 Å². The van der Waals surface area contributed by atoms with Crippen molar-refractivity contribution in [3.05, 3.63) is 59.2 Å². The average molecular weight is 388 g/mol. The van der Waals surface area contributed by atoms with Gasteiger partial charge >= 0.3 is 0 Å². The molecule has 3 amide bonds. The van der Waals surface area contributed by atoms with Crippen molar-refractivity contribution in [2.45, 2.75) is 33.1 Å². The number of hydrogen-bond acceptors (Lipinski definition) is 3. The first kappa shape index (κ1) is 18.1. The Kier molecular flexibility index (Phi) is 4.09. The molecule has 2 aromatic carbocycles. The summed E-state index contributed by atoms with van der Waals surface area (Å²) in [7, 11) is 0. The Morgan fingerprint density at radius 3 is 2.14 bits per heavy atom. The Morgan fingerprint density at radius 1 is 0.931 bits per heavy atom. The third-order valence-corrected chi connectivity index (χ3v) is 6.80. The highest BCUT2D eigenvalue weighted by Crippen LogP contribution is 2.56. The third kappa shape index (κ3) is 2.79. The lowest BCUT2D eigenvalue weighted by molar-refractivity contribution is -0.123. The van der Waals surface area contributed by atoms with Crippen molar-refractivity contribution in [2.75, 3.05) is 10.2 Å². The van der Waals surface area contributed by atoms with Gasteiger partial charge in [0, 0.05) is 5.69 Å². The lowest BCUT2D eigenvalue weighted by atomic mass is 9.81. The molecule has 148 valence electrons. The largest absolute Gasteiger partial charge is 0.322 e. The highest BCUT2D eigenvalue weighted by molar-refractivity contribution is 6.25. The van der Waals surface area contributed by atoms with Gasteiger partial charge in [-0.1, -0.05) is 18.2 Å². The van der Waals surface area contributed by atoms with Gasteiger partial charge in [0.1, 0.15) is 0 Å². The number of carbonyl (C=O) groups excluding carboxylic acids is 3. The van der Waals surface area contributed by atoms with Gasteiger partial charge in [0.2, 0.25) is 11.8 Å². The van der Waals surface area contributed by atoms with E-state index in [4.69, 9.17) is 0 Å². The molecule has 1 saturated heterocycles. The van der Waals surface area contributed by atoms with E-state index in [0.717, 1.165) is 30.4 Å². The summed E-state index contributed by atoms with van der Waals surface area (Å²) < 4.78 is 0. The van der Waals surface area contributed by atoms with Crippen LogP contribution in [0.5, 0.6) is 0 Å². The molecule has 2 saturated carbocycles. The van der Waals surface area contributed by atoms with Gasteiger partial charge in [0.15, 0.2) is 0 Å². The van der Waals surface area contributed by atoms with E-state index in [1.54, 1.807) is 24.3 Å². The molecule has 1 aliphatic heterocycles. The second-order valence-electron chi connectivity index (χ2n) is 8.74. The second-order valence-corrected chi connectivity index (χ2v) is 8.74. The predicted molar refractivity (Wildman–Crippen MR) is 111 cm³/mol. The van der Waals surface area contributed by atoms with E-state index >= 15 is 0 Å². The van der Waals surface area contributed by atoms with Crippen molar-refractivity contribution in [3.63, 3.8) is 0 Å². The summed E-state index contributed by atoms with van der Waals surface area (Å²) >= 11 is 0. The van der Waals surface area contributed by atoms with Crippen molar-refractivity contribution < 1.29 is 14.4 Å². The Labute approximate surface area is 170 Å². The molecule has 0 radical (unpaired) electrons. The zero-order valence-electron chi connectivity index (χ0n) is 16.6. The maximum atomic E-state index is 13.2. The molecule has 0 aromatic heterocycles. The second kappa shape index (κ2) is 6.55. The fourth-order valence-corrected chi connectivity index (χ4v) is 5.75. The zero-order chi connectivity index (χ0) is 20.3. The van der Waals surface area contributed by atoms with Gasteiger partial charge in [0.05, 0.1) is 23.1 Å². The summed E-state index contributed by atoms with van der Waals surface area (Å²) in [5.41, 5.74) is 3.57. The van der Waals surface area contributed by atoms with Gasteiger partial charge < -0.3 is 5.32 Å². The molecule has 0 spiro atoms. The maximum absolute atomic E-state index is 13.2. The normalized spacial score (nSPS) is 27.4. The minimum atomic E-state index is -0.314. The number of anilines is 2. The SMILES string of the molecule is Cc1cc(C)cc(NC(=O)c2ccccc2N2C(=O)[C@@H]3[C@@H]4CC[C@@H](C4)[C@@H]3C2=O)c1. The van der Waals surface area contributed by atoms with Crippen LogP contribution in [0.3, 0.4) is 0 Å². The molecular formula is C24H24N2O3. The number of amides is 3. The summed E-state index contributed by atoms with van der Waals surface area (Å²) in [4.78, 5) is 40.7. The number of para-hydroxylation sites is 1. The number of imide groups is 1. The Hall–Kier alpha value is -2.95. The van der Waals surface area contributed by atoms with Crippen molar-refractivity contribution in [2.24, 2.45) is 23.7 Å². The molecule has 1 heterocycles. The number of fused-ring (bicyclic) bond motifs is 5. The van der Waals surface area contributed by atoms with Crippen molar-refractivity contribution in [1.82, 2.24) is 0 Å². The van der Waals surface area contributed by atoms with E-state index in [1.807, 2.05) is 32.0 Å². The first-order valence-corrected chi connectivity index (χ1v) is 10.3. The van der Waals surface area contributed by atoms with Gasteiger partial charge in [-0.25, -0.2) is 4.90 Å². The quantitative estimate of drug-likeness (QED) is 0.806. The number of aryl methyl sites for hydroxylation is 2. The molecule has 5 rings (SSSR count). The Morgan fingerprint density at radius 2 is 1.52 bits per heavy atom. The first-order valence-electron chi connectivity index (χ1n) is 10.3. The molecule has 2 bridgehead atoms. The van der Waals surface area contributed by atoms with Crippen LogP contribution >= 0.6 is 0 Å². The highest BCUT2D eigenvalue weighted by Gasteiger charge is 2.61. The van der Waals surface area contributed by atoms with E-state index in [2.05, 4.69) is 5.32 Å². The Bertz CT molecular complexity index is 996. The number of carbonyl (C=O) groups is 3. The predicted octanol–water partition coefficient (Wildman–Crippen LogP) is 4.09. The molecule has 0 unspecified atom stereocenters. The molecule has 3 fully saturated rings. The summed E-state index contributed by atoms with van der Waals surface area (Å²) in [6, 6.07) is 12.8. The van der Waals surface area contributed by atoms with Crippen LogP contribution in [0.15, 0.2) is 42.5 Å². The fourth-order valence-electron chi connectivity index (χ4n) is 5.75. The molecule has 3 aliphatic rings. The van der Waals surface area contributed by atoms with Crippen molar-refractivity contribution in [1.29, 1.82) is 0 Å². The van der Waals surface area contributed by atoms with Crippen LogP contribution in [0.4, 0.5) is 11.4 Å². The van der Waals surface area contributed by atoms with Crippen molar-refractivity contribution in [3.8, 4) is 0 Å². The molecule has 2 aliphatic carbocycles. The van der Waals surface area contributed by atoms with E-state index < -0.39 is 0 Å². The molecule has 5 nitrogen and oxygen atoms in total. The van der Waals surface area contributed by atoms with Crippen LogP contribution in [0.2, 0.25) is 0 Å². The van der Waals surface area contributed by atoms with Crippen LogP contribution in [-0.4, -0.2) is 17.7 Å². The summed E-state index contributed by atoms with van der Waals surface area (Å²) in [5.74, 6) is -0.317. The summed E-state index contributed by atoms with van der Waals surface area (Å²) in [6.45, 7) is 3.95. The molecule has 1 N–H and O–H groups in total. The van der Waals surface area contributed by atoms with Crippen LogP contribution in [-0.2, 0) is 9.59 Å². The van der Waals surface area contributed by atoms with Crippen LogP contribution < -0.4 is 10.2 Å². The van der Waals surface area contributed by atoms with Crippen LogP contribution in [0, 0.1) is 37.5 Å². The highest BCUT2D eigenvalue weighted by atomic mass is 16.2. The topological polar surface area (TPSA) is 66.5 Å². The minimum absolute atomic E-state index is 0.126. The van der Waals surface area contributed by atoms with Gasteiger partial charge in [-0.3, -0.25) is 14.4 Å². The minimum Gasteiger partial charge on any atom is -0.322 e.